The lowest BCUT2D eigenvalue weighted by Gasteiger charge is -2.24. The van der Waals surface area contributed by atoms with Gasteiger partial charge in [-0.15, -0.1) is 0 Å². The minimum absolute atomic E-state index is 0.211. The highest BCUT2D eigenvalue weighted by atomic mass is 16.6. The zero-order valence-electron chi connectivity index (χ0n) is 13.9. The van der Waals surface area contributed by atoms with E-state index in [0.717, 1.165) is 32.2 Å². The second-order valence-electron chi connectivity index (χ2n) is 6.99. The number of carbonyl (C=O) groups is 1. The molecule has 5 heteroatoms. The van der Waals surface area contributed by atoms with Gasteiger partial charge in [-0.1, -0.05) is 13.3 Å². The Morgan fingerprint density at radius 2 is 2.10 bits per heavy atom. The van der Waals surface area contributed by atoms with Gasteiger partial charge in [0, 0.05) is 12.6 Å². The largest absolute Gasteiger partial charge is 0.444 e. The standard InChI is InChI=1S/C16H32N2O3/c1-5-13(19)9-10-17-14-8-6-7-12(14)11-18-15(20)21-16(2,3)4/h12-14,17,19H,5-11H2,1-4H3,(H,18,20). The normalized spacial score (nSPS) is 23.9. The smallest absolute Gasteiger partial charge is 0.407 e. The summed E-state index contributed by atoms with van der Waals surface area (Å²) in [6, 6.07) is 0.434. The zero-order chi connectivity index (χ0) is 15.9. The Morgan fingerprint density at radius 1 is 1.38 bits per heavy atom. The van der Waals surface area contributed by atoms with Crippen molar-refractivity contribution in [3.63, 3.8) is 0 Å². The molecule has 0 aromatic carbocycles. The minimum atomic E-state index is -0.451. The number of aliphatic hydroxyl groups is 1. The van der Waals surface area contributed by atoms with Crippen LogP contribution in [0, 0.1) is 5.92 Å². The lowest BCUT2D eigenvalue weighted by molar-refractivity contribution is 0.0517. The van der Waals surface area contributed by atoms with E-state index in [0.29, 0.717) is 18.5 Å². The highest BCUT2D eigenvalue weighted by molar-refractivity contribution is 5.67. The molecular weight excluding hydrogens is 268 g/mol. The van der Waals surface area contributed by atoms with Gasteiger partial charge in [0.15, 0.2) is 0 Å². The maximum absolute atomic E-state index is 11.7. The molecule has 21 heavy (non-hydrogen) atoms. The Balaban J connectivity index is 2.25. The van der Waals surface area contributed by atoms with Gasteiger partial charge in [0.1, 0.15) is 5.60 Å². The molecule has 5 nitrogen and oxygen atoms in total. The Labute approximate surface area is 128 Å². The van der Waals surface area contributed by atoms with E-state index in [1.54, 1.807) is 0 Å². The monoisotopic (exact) mass is 300 g/mol. The molecular formula is C16H32N2O3. The summed E-state index contributed by atoms with van der Waals surface area (Å²) in [7, 11) is 0. The molecule has 3 N–H and O–H groups in total. The summed E-state index contributed by atoms with van der Waals surface area (Å²) >= 11 is 0. The molecule has 1 amide bonds. The van der Waals surface area contributed by atoms with E-state index in [-0.39, 0.29) is 12.2 Å². The van der Waals surface area contributed by atoms with Crippen LogP contribution in [0.5, 0.6) is 0 Å². The van der Waals surface area contributed by atoms with Crippen molar-refractivity contribution < 1.29 is 14.6 Å². The Kier molecular flexibility index (Phi) is 7.46. The van der Waals surface area contributed by atoms with Crippen LogP contribution in [0.25, 0.3) is 0 Å². The van der Waals surface area contributed by atoms with Crippen molar-refractivity contribution in [1.29, 1.82) is 0 Å². The van der Waals surface area contributed by atoms with Crippen molar-refractivity contribution in [3.05, 3.63) is 0 Å². The van der Waals surface area contributed by atoms with Crippen LogP contribution in [0.3, 0.4) is 0 Å². The van der Waals surface area contributed by atoms with Crippen LogP contribution in [-0.4, -0.2) is 42.0 Å². The van der Waals surface area contributed by atoms with Crippen molar-refractivity contribution in [2.75, 3.05) is 13.1 Å². The number of hydrogen-bond acceptors (Lipinski definition) is 4. The summed E-state index contributed by atoms with van der Waals surface area (Å²) in [6.07, 6.45) is 4.50. The number of carbonyl (C=O) groups excluding carboxylic acids is 1. The van der Waals surface area contributed by atoms with Crippen LogP contribution < -0.4 is 10.6 Å². The van der Waals surface area contributed by atoms with Crippen molar-refractivity contribution in [1.82, 2.24) is 10.6 Å². The number of alkyl carbamates (subject to hydrolysis) is 1. The summed E-state index contributed by atoms with van der Waals surface area (Å²) in [5.41, 5.74) is -0.451. The molecule has 0 radical (unpaired) electrons. The molecule has 1 aliphatic rings. The molecule has 0 aliphatic heterocycles. The van der Waals surface area contributed by atoms with Gasteiger partial charge in [0.2, 0.25) is 0 Å². The van der Waals surface area contributed by atoms with Crippen LogP contribution in [0.15, 0.2) is 0 Å². The van der Waals surface area contributed by atoms with E-state index < -0.39 is 5.60 Å². The fourth-order valence-corrected chi connectivity index (χ4v) is 2.72. The second-order valence-corrected chi connectivity index (χ2v) is 6.99. The molecule has 1 rings (SSSR count). The number of amides is 1. The molecule has 3 atom stereocenters. The number of aliphatic hydroxyl groups excluding tert-OH is 1. The molecule has 124 valence electrons. The van der Waals surface area contributed by atoms with Crippen LogP contribution in [-0.2, 0) is 4.74 Å². The predicted molar refractivity (Wildman–Crippen MR) is 84.3 cm³/mol. The number of rotatable bonds is 7. The highest BCUT2D eigenvalue weighted by Gasteiger charge is 2.27. The second kappa shape index (κ2) is 8.59. The average molecular weight is 300 g/mol. The molecule has 0 bridgehead atoms. The van der Waals surface area contributed by atoms with Crippen molar-refractivity contribution >= 4 is 6.09 Å². The van der Waals surface area contributed by atoms with Crippen LogP contribution in [0.1, 0.15) is 59.8 Å². The van der Waals surface area contributed by atoms with Gasteiger partial charge in [-0.25, -0.2) is 4.79 Å². The first kappa shape index (κ1) is 18.2. The lowest BCUT2D eigenvalue weighted by atomic mass is 10.0. The van der Waals surface area contributed by atoms with Crippen LogP contribution >= 0.6 is 0 Å². The fraction of sp³-hybridized carbons (Fsp3) is 0.938. The molecule has 1 saturated carbocycles. The SMILES string of the molecule is CCC(O)CCNC1CCCC1CNC(=O)OC(C)(C)C. The van der Waals surface area contributed by atoms with E-state index in [1.165, 1.54) is 6.42 Å². The average Bonchev–Trinajstić information content (AvgIpc) is 2.81. The first-order chi connectivity index (χ1) is 9.81. The van der Waals surface area contributed by atoms with Crippen molar-refractivity contribution in [2.24, 2.45) is 5.92 Å². The van der Waals surface area contributed by atoms with Crippen molar-refractivity contribution in [3.8, 4) is 0 Å². The summed E-state index contributed by atoms with van der Waals surface area (Å²) in [5, 5.41) is 16.0. The molecule has 0 spiro atoms. The Hall–Kier alpha value is -0.810. The Morgan fingerprint density at radius 3 is 2.71 bits per heavy atom. The molecule has 1 fully saturated rings. The molecule has 0 aromatic heterocycles. The van der Waals surface area contributed by atoms with E-state index in [2.05, 4.69) is 10.6 Å². The van der Waals surface area contributed by atoms with E-state index in [4.69, 9.17) is 4.74 Å². The van der Waals surface area contributed by atoms with E-state index in [1.807, 2.05) is 27.7 Å². The first-order valence-corrected chi connectivity index (χ1v) is 8.20. The maximum Gasteiger partial charge on any atom is 0.407 e. The summed E-state index contributed by atoms with van der Waals surface area (Å²) < 4.78 is 5.26. The molecule has 3 unspecified atom stereocenters. The molecule has 0 heterocycles. The minimum Gasteiger partial charge on any atom is -0.444 e. The van der Waals surface area contributed by atoms with Crippen LogP contribution in [0.2, 0.25) is 0 Å². The lowest BCUT2D eigenvalue weighted by Crippen LogP contribution is -2.41. The van der Waals surface area contributed by atoms with Gasteiger partial charge < -0.3 is 20.5 Å². The number of ether oxygens (including phenoxy) is 1. The molecule has 1 aliphatic carbocycles. The number of hydrogen-bond donors (Lipinski definition) is 3. The third-order valence-electron chi connectivity index (χ3n) is 3.92. The van der Waals surface area contributed by atoms with Gasteiger partial charge in [-0.05, 0) is 58.9 Å². The van der Waals surface area contributed by atoms with Gasteiger partial charge >= 0.3 is 6.09 Å². The topological polar surface area (TPSA) is 70.6 Å². The highest BCUT2D eigenvalue weighted by Crippen LogP contribution is 2.25. The van der Waals surface area contributed by atoms with Crippen molar-refractivity contribution in [2.45, 2.75) is 77.5 Å². The first-order valence-electron chi connectivity index (χ1n) is 8.20. The number of nitrogens with one attached hydrogen (secondary N) is 2. The summed E-state index contributed by atoms with van der Waals surface area (Å²) in [5.74, 6) is 0.455. The summed E-state index contributed by atoms with van der Waals surface area (Å²) in [6.45, 7) is 9.09. The van der Waals surface area contributed by atoms with Gasteiger partial charge in [0.25, 0.3) is 0 Å². The van der Waals surface area contributed by atoms with Gasteiger partial charge in [0.05, 0.1) is 6.10 Å². The maximum atomic E-state index is 11.7. The zero-order valence-corrected chi connectivity index (χ0v) is 13.9. The van der Waals surface area contributed by atoms with Crippen LogP contribution in [0.4, 0.5) is 4.79 Å². The quantitative estimate of drug-likeness (QED) is 0.675. The summed E-state index contributed by atoms with van der Waals surface area (Å²) in [4.78, 5) is 11.7. The third-order valence-corrected chi connectivity index (χ3v) is 3.92. The van der Waals surface area contributed by atoms with Gasteiger partial charge in [-0.2, -0.15) is 0 Å². The van der Waals surface area contributed by atoms with E-state index >= 15 is 0 Å². The molecule has 0 aromatic rings. The molecule has 0 saturated heterocycles. The van der Waals surface area contributed by atoms with E-state index in [9.17, 15) is 9.90 Å². The van der Waals surface area contributed by atoms with Gasteiger partial charge in [-0.3, -0.25) is 0 Å². The fourth-order valence-electron chi connectivity index (χ4n) is 2.72. The third kappa shape index (κ3) is 7.67. The predicted octanol–water partition coefficient (Wildman–Crippen LogP) is 2.43. The Bertz CT molecular complexity index is 315.